The van der Waals surface area contributed by atoms with Crippen molar-refractivity contribution in [1.29, 1.82) is 0 Å². The van der Waals surface area contributed by atoms with E-state index in [1.54, 1.807) is 35.2 Å². The third kappa shape index (κ3) is 2.93. The van der Waals surface area contributed by atoms with Crippen molar-refractivity contribution < 1.29 is 4.74 Å². The van der Waals surface area contributed by atoms with Crippen molar-refractivity contribution >= 4 is 5.69 Å². The zero-order valence-electron chi connectivity index (χ0n) is 11.1. The lowest BCUT2D eigenvalue weighted by atomic mass is 10.2. The second kappa shape index (κ2) is 5.56. The maximum absolute atomic E-state index is 12.1. The number of benzene rings is 1. The molecular weight excluding hydrogens is 242 g/mol. The zero-order valence-corrected chi connectivity index (χ0v) is 11.1. The van der Waals surface area contributed by atoms with Crippen LogP contribution in [0.5, 0.6) is 11.6 Å². The highest BCUT2D eigenvalue weighted by Gasteiger charge is 2.08. The molecule has 0 aliphatic carbocycles. The minimum absolute atomic E-state index is 0.0869. The lowest BCUT2D eigenvalue weighted by Gasteiger charge is -2.09. The SMILES string of the molecule is CCCn1ccnc(Oc2ccc(N)cc2C)c1=O. The Labute approximate surface area is 111 Å². The number of nitrogens with zero attached hydrogens (tertiary/aromatic N) is 2. The van der Waals surface area contributed by atoms with E-state index in [2.05, 4.69) is 4.98 Å². The zero-order chi connectivity index (χ0) is 13.8. The highest BCUT2D eigenvalue weighted by molar-refractivity contribution is 5.47. The van der Waals surface area contributed by atoms with Crippen LogP contribution >= 0.6 is 0 Å². The fraction of sp³-hybridized carbons (Fsp3) is 0.286. The molecule has 2 rings (SSSR count). The molecule has 1 aromatic carbocycles. The summed E-state index contributed by atoms with van der Waals surface area (Å²) >= 11 is 0. The van der Waals surface area contributed by atoms with E-state index >= 15 is 0 Å². The fourth-order valence-corrected chi connectivity index (χ4v) is 1.81. The van der Waals surface area contributed by atoms with Gasteiger partial charge in [-0.1, -0.05) is 6.92 Å². The van der Waals surface area contributed by atoms with E-state index < -0.39 is 0 Å². The van der Waals surface area contributed by atoms with Crippen LogP contribution in [0.15, 0.2) is 35.4 Å². The third-order valence-electron chi connectivity index (χ3n) is 2.75. The molecule has 1 aromatic heterocycles. The summed E-state index contributed by atoms with van der Waals surface area (Å²) in [5.74, 6) is 0.678. The number of aromatic nitrogens is 2. The van der Waals surface area contributed by atoms with Crippen LogP contribution < -0.4 is 16.0 Å². The molecule has 0 bridgehead atoms. The summed E-state index contributed by atoms with van der Waals surface area (Å²) in [5, 5.41) is 0. The van der Waals surface area contributed by atoms with Gasteiger partial charge in [0.15, 0.2) is 0 Å². The van der Waals surface area contributed by atoms with Crippen LogP contribution in [0, 0.1) is 6.92 Å². The van der Waals surface area contributed by atoms with Gasteiger partial charge in [-0.05, 0) is 37.1 Å². The Hall–Kier alpha value is -2.30. The van der Waals surface area contributed by atoms with E-state index in [1.165, 1.54) is 0 Å². The summed E-state index contributed by atoms with van der Waals surface area (Å²) in [6.45, 7) is 4.54. The van der Waals surface area contributed by atoms with Crippen molar-refractivity contribution in [3.05, 3.63) is 46.5 Å². The molecule has 2 aromatic rings. The number of nitrogens with two attached hydrogens (primary N) is 1. The number of hydrogen-bond acceptors (Lipinski definition) is 4. The third-order valence-corrected chi connectivity index (χ3v) is 2.75. The molecule has 2 N–H and O–H groups in total. The van der Waals surface area contributed by atoms with E-state index in [1.807, 2.05) is 13.8 Å². The second-order valence-corrected chi connectivity index (χ2v) is 4.36. The molecular formula is C14H17N3O2. The summed E-state index contributed by atoms with van der Waals surface area (Å²) in [6, 6.07) is 5.27. The average molecular weight is 259 g/mol. The molecule has 0 unspecified atom stereocenters. The normalized spacial score (nSPS) is 10.4. The molecule has 0 radical (unpaired) electrons. The van der Waals surface area contributed by atoms with Crippen LogP contribution in [-0.2, 0) is 6.54 Å². The van der Waals surface area contributed by atoms with Crippen LogP contribution in [0.2, 0.25) is 0 Å². The first kappa shape index (κ1) is 13.1. The first-order valence-electron chi connectivity index (χ1n) is 6.21. The van der Waals surface area contributed by atoms with Crippen molar-refractivity contribution in [3.63, 3.8) is 0 Å². The molecule has 0 fully saturated rings. The standard InChI is InChI=1S/C14H17N3O2/c1-3-7-17-8-6-16-13(14(17)18)19-12-5-4-11(15)9-10(12)2/h4-6,8-9H,3,7,15H2,1-2H3. The maximum atomic E-state index is 12.1. The van der Waals surface area contributed by atoms with Crippen molar-refractivity contribution in [2.24, 2.45) is 0 Å². The van der Waals surface area contributed by atoms with Gasteiger partial charge >= 0.3 is 5.56 Å². The molecule has 0 atom stereocenters. The van der Waals surface area contributed by atoms with Gasteiger partial charge in [0.25, 0.3) is 5.88 Å². The summed E-state index contributed by atoms with van der Waals surface area (Å²) in [4.78, 5) is 16.1. The van der Waals surface area contributed by atoms with E-state index in [4.69, 9.17) is 10.5 Å². The molecule has 0 aliphatic heterocycles. The van der Waals surface area contributed by atoms with Gasteiger partial charge in [0, 0.05) is 24.6 Å². The molecule has 0 saturated heterocycles. The smallest absolute Gasteiger partial charge is 0.313 e. The van der Waals surface area contributed by atoms with Crippen molar-refractivity contribution in [3.8, 4) is 11.6 Å². The van der Waals surface area contributed by atoms with Gasteiger partial charge in [0.2, 0.25) is 0 Å². The Balaban J connectivity index is 2.33. The van der Waals surface area contributed by atoms with E-state index in [0.717, 1.165) is 12.0 Å². The van der Waals surface area contributed by atoms with E-state index in [0.29, 0.717) is 18.0 Å². The first-order chi connectivity index (χ1) is 9.11. The number of hydrogen-bond donors (Lipinski definition) is 1. The lowest BCUT2D eigenvalue weighted by Crippen LogP contribution is -2.21. The predicted octanol–water partition coefficient (Wildman–Crippen LogP) is 2.34. The summed E-state index contributed by atoms with van der Waals surface area (Å²) in [5.41, 5.74) is 6.98. The molecule has 0 amide bonds. The average Bonchev–Trinajstić information content (AvgIpc) is 2.37. The Morgan fingerprint density at radius 1 is 1.42 bits per heavy atom. The fourth-order valence-electron chi connectivity index (χ4n) is 1.81. The van der Waals surface area contributed by atoms with Gasteiger partial charge in [-0.25, -0.2) is 4.98 Å². The van der Waals surface area contributed by atoms with Gasteiger partial charge in [0.1, 0.15) is 5.75 Å². The first-order valence-corrected chi connectivity index (χ1v) is 6.21. The van der Waals surface area contributed by atoms with Crippen LogP contribution in [0.1, 0.15) is 18.9 Å². The number of nitrogen functional groups attached to an aromatic ring is 1. The Kier molecular flexibility index (Phi) is 3.85. The number of ether oxygens (including phenoxy) is 1. The number of anilines is 1. The van der Waals surface area contributed by atoms with Gasteiger partial charge in [-0.3, -0.25) is 4.79 Å². The van der Waals surface area contributed by atoms with Crippen LogP contribution in [0.4, 0.5) is 5.69 Å². The topological polar surface area (TPSA) is 70.1 Å². The largest absolute Gasteiger partial charge is 0.434 e. The van der Waals surface area contributed by atoms with Crippen LogP contribution in [0.25, 0.3) is 0 Å². The molecule has 100 valence electrons. The molecule has 0 aliphatic rings. The van der Waals surface area contributed by atoms with Gasteiger partial charge in [-0.15, -0.1) is 0 Å². The quantitative estimate of drug-likeness (QED) is 0.855. The molecule has 5 heteroatoms. The Morgan fingerprint density at radius 2 is 2.21 bits per heavy atom. The van der Waals surface area contributed by atoms with E-state index in [-0.39, 0.29) is 11.4 Å². The highest BCUT2D eigenvalue weighted by Crippen LogP contribution is 2.23. The molecule has 0 saturated carbocycles. The number of aryl methyl sites for hydroxylation is 2. The van der Waals surface area contributed by atoms with Crippen molar-refractivity contribution in [2.45, 2.75) is 26.8 Å². The second-order valence-electron chi connectivity index (χ2n) is 4.36. The summed E-state index contributed by atoms with van der Waals surface area (Å²) in [7, 11) is 0. The minimum atomic E-state index is -0.222. The summed E-state index contributed by atoms with van der Waals surface area (Å²) in [6.07, 6.45) is 4.11. The summed E-state index contributed by atoms with van der Waals surface area (Å²) < 4.78 is 7.17. The Morgan fingerprint density at radius 3 is 2.89 bits per heavy atom. The van der Waals surface area contributed by atoms with Gasteiger partial charge in [0.05, 0.1) is 0 Å². The van der Waals surface area contributed by atoms with Crippen LogP contribution in [0.3, 0.4) is 0 Å². The molecule has 1 heterocycles. The lowest BCUT2D eigenvalue weighted by molar-refractivity contribution is 0.440. The monoisotopic (exact) mass is 259 g/mol. The van der Waals surface area contributed by atoms with E-state index in [9.17, 15) is 4.79 Å². The van der Waals surface area contributed by atoms with Gasteiger partial charge in [-0.2, -0.15) is 0 Å². The molecule has 0 spiro atoms. The predicted molar refractivity (Wildman–Crippen MR) is 74.5 cm³/mol. The van der Waals surface area contributed by atoms with Crippen molar-refractivity contribution in [1.82, 2.24) is 9.55 Å². The molecule has 19 heavy (non-hydrogen) atoms. The minimum Gasteiger partial charge on any atom is -0.434 e. The van der Waals surface area contributed by atoms with Gasteiger partial charge < -0.3 is 15.0 Å². The number of rotatable bonds is 4. The molecule has 5 nitrogen and oxygen atoms in total. The van der Waals surface area contributed by atoms with Crippen LogP contribution in [-0.4, -0.2) is 9.55 Å². The highest BCUT2D eigenvalue weighted by atomic mass is 16.5. The van der Waals surface area contributed by atoms with Crippen molar-refractivity contribution in [2.75, 3.05) is 5.73 Å². The maximum Gasteiger partial charge on any atom is 0.313 e. The Bertz CT molecular complexity index is 635.